The number of oxazole rings is 1. The summed E-state index contributed by atoms with van der Waals surface area (Å²) in [4.78, 5) is 14.5. The molecule has 0 amide bonds. The maximum Gasteiger partial charge on any atom is 0.358 e. The molecule has 0 unspecified atom stereocenters. The average Bonchev–Trinajstić information content (AvgIpc) is 2.93. The molecular weight excluding hydrogens is 258 g/mol. The average molecular weight is 269 g/mol. The molecule has 0 radical (unpaired) electrons. The molecule has 1 N–H and O–H groups in total. The van der Waals surface area contributed by atoms with Crippen LogP contribution in [0.4, 0.5) is 0 Å². The van der Waals surface area contributed by atoms with Gasteiger partial charge in [-0.25, -0.2) is 9.78 Å². The first kappa shape index (κ1) is 12.2. The second kappa shape index (κ2) is 5.05. The zero-order valence-electron chi connectivity index (χ0n) is 10.4. The van der Waals surface area contributed by atoms with Gasteiger partial charge in [0.15, 0.2) is 17.8 Å². The molecule has 0 aliphatic rings. The van der Waals surface area contributed by atoms with Crippen LogP contribution in [0.5, 0.6) is 5.75 Å². The summed E-state index contributed by atoms with van der Waals surface area (Å²) in [7, 11) is 0. The maximum atomic E-state index is 10.9. The molecule has 100 valence electrons. The number of hydrogen-bond acceptors (Lipinski definition) is 4. The number of ether oxygens (including phenoxy) is 1. The number of fused-ring (bicyclic) bond motifs is 1. The lowest BCUT2D eigenvalue weighted by molar-refractivity contribution is 0.0686. The minimum atomic E-state index is -1.13. The summed E-state index contributed by atoms with van der Waals surface area (Å²) in [6.45, 7) is 0.0278. The van der Waals surface area contributed by atoms with Crippen LogP contribution in [0.2, 0.25) is 0 Å². The molecule has 20 heavy (non-hydrogen) atoms. The molecular formula is C15H11NO4. The lowest BCUT2D eigenvalue weighted by atomic mass is 10.1. The Balaban J connectivity index is 1.79. The standard InChI is InChI=1S/C15H11NO4/c17-15(18)14-13(20-9-16-14)8-19-12-6-5-10-3-1-2-4-11(10)7-12/h1-7,9H,8H2,(H,17,18). The highest BCUT2D eigenvalue weighted by molar-refractivity contribution is 5.86. The van der Waals surface area contributed by atoms with Gasteiger partial charge >= 0.3 is 5.97 Å². The van der Waals surface area contributed by atoms with Crippen LogP contribution in [0.3, 0.4) is 0 Å². The molecule has 0 saturated heterocycles. The number of aromatic carboxylic acids is 1. The Morgan fingerprint density at radius 2 is 2.00 bits per heavy atom. The molecule has 5 heteroatoms. The number of rotatable bonds is 4. The Labute approximate surface area is 114 Å². The normalized spacial score (nSPS) is 10.6. The Hall–Kier alpha value is -2.82. The minimum Gasteiger partial charge on any atom is -0.486 e. The van der Waals surface area contributed by atoms with Crippen molar-refractivity contribution >= 4 is 16.7 Å². The van der Waals surface area contributed by atoms with Crippen molar-refractivity contribution in [2.24, 2.45) is 0 Å². The highest BCUT2D eigenvalue weighted by Gasteiger charge is 2.15. The quantitative estimate of drug-likeness (QED) is 0.787. The Kier molecular flexibility index (Phi) is 3.09. The van der Waals surface area contributed by atoms with Crippen LogP contribution in [0.25, 0.3) is 10.8 Å². The van der Waals surface area contributed by atoms with Gasteiger partial charge in [-0.2, -0.15) is 0 Å². The second-order valence-corrected chi connectivity index (χ2v) is 4.23. The van der Waals surface area contributed by atoms with Crippen LogP contribution in [-0.2, 0) is 6.61 Å². The van der Waals surface area contributed by atoms with Gasteiger partial charge < -0.3 is 14.3 Å². The predicted molar refractivity (Wildman–Crippen MR) is 71.7 cm³/mol. The number of carboxylic acid groups (broad SMARTS) is 1. The topological polar surface area (TPSA) is 72.6 Å². The third-order valence-corrected chi connectivity index (χ3v) is 2.93. The van der Waals surface area contributed by atoms with Gasteiger partial charge in [0.25, 0.3) is 0 Å². The fraction of sp³-hybridized carbons (Fsp3) is 0.0667. The Morgan fingerprint density at radius 3 is 2.80 bits per heavy atom. The van der Waals surface area contributed by atoms with Gasteiger partial charge in [0.05, 0.1) is 0 Å². The zero-order valence-corrected chi connectivity index (χ0v) is 10.4. The van der Waals surface area contributed by atoms with Crippen molar-refractivity contribution in [3.8, 4) is 5.75 Å². The van der Waals surface area contributed by atoms with E-state index in [1.54, 1.807) is 0 Å². The summed E-state index contributed by atoms with van der Waals surface area (Å²) in [6.07, 6.45) is 1.10. The van der Waals surface area contributed by atoms with Crippen molar-refractivity contribution in [2.75, 3.05) is 0 Å². The van der Waals surface area contributed by atoms with Crippen molar-refractivity contribution in [1.29, 1.82) is 0 Å². The van der Waals surface area contributed by atoms with E-state index in [1.165, 1.54) is 0 Å². The Morgan fingerprint density at radius 1 is 1.20 bits per heavy atom. The molecule has 1 heterocycles. The summed E-state index contributed by atoms with van der Waals surface area (Å²) in [5, 5.41) is 11.1. The smallest absolute Gasteiger partial charge is 0.358 e. The van der Waals surface area contributed by atoms with Gasteiger partial charge in [0.1, 0.15) is 12.4 Å². The van der Waals surface area contributed by atoms with Crippen LogP contribution in [0.15, 0.2) is 53.3 Å². The van der Waals surface area contributed by atoms with E-state index in [4.69, 9.17) is 14.3 Å². The highest BCUT2D eigenvalue weighted by Crippen LogP contribution is 2.21. The molecule has 0 atom stereocenters. The predicted octanol–water partition coefficient (Wildman–Crippen LogP) is 3.11. The van der Waals surface area contributed by atoms with Gasteiger partial charge in [0.2, 0.25) is 0 Å². The fourth-order valence-corrected chi connectivity index (χ4v) is 1.95. The van der Waals surface area contributed by atoms with Crippen molar-refractivity contribution in [3.63, 3.8) is 0 Å². The molecule has 0 saturated carbocycles. The van der Waals surface area contributed by atoms with E-state index in [0.717, 1.165) is 17.2 Å². The fourth-order valence-electron chi connectivity index (χ4n) is 1.95. The number of hydrogen-bond donors (Lipinski definition) is 1. The van der Waals surface area contributed by atoms with Crippen molar-refractivity contribution in [3.05, 3.63) is 60.3 Å². The monoisotopic (exact) mass is 269 g/mol. The first-order valence-electron chi connectivity index (χ1n) is 6.01. The maximum absolute atomic E-state index is 10.9. The first-order valence-corrected chi connectivity index (χ1v) is 6.01. The second-order valence-electron chi connectivity index (χ2n) is 4.23. The van der Waals surface area contributed by atoms with E-state index in [-0.39, 0.29) is 18.1 Å². The molecule has 0 aliphatic heterocycles. The lowest BCUT2D eigenvalue weighted by Gasteiger charge is -2.06. The molecule has 5 nitrogen and oxygen atoms in total. The summed E-state index contributed by atoms with van der Waals surface area (Å²) in [5.41, 5.74) is -0.120. The number of benzene rings is 2. The third kappa shape index (κ3) is 2.33. The molecule has 0 spiro atoms. The lowest BCUT2D eigenvalue weighted by Crippen LogP contribution is -2.04. The van der Waals surface area contributed by atoms with Crippen LogP contribution in [0, 0.1) is 0 Å². The largest absolute Gasteiger partial charge is 0.486 e. The number of carboxylic acids is 1. The van der Waals surface area contributed by atoms with E-state index in [1.807, 2.05) is 42.5 Å². The summed E-state index contributed by atoms with van der Waals surface area (Å²) in [5.74, 6) is -0.280. The molecule has 0 bridgehead atoms. The van der Waals surface area contributed by atoms with E-state index in [0.29, 0.717) is 5.75 Å². The van der Waals surface area contributed by atoms with Crippen molar-refractivity contribution < 1.29 is 19.1 Å². The summed E-state index contributed by atoms with van der Waals surface area (Å²) < 4.78 is 10.6. The van der Waals surface area contributed by atoms with Crippen molar-refractivity contribution in [1.82, 2.24) is 4.98 Å². The van der Waals surface area contributed by atoms with Crippen LogP contribution in [0.1, 0.15) is 16.2 Å². The van der Waals surface area contributed by atoms with E-state index >= 15 is 0 Å². The minimum absolute atomic E-state index is 0.0278. The molecule has 2 aromatic carbocycles. The zero-order chi connectivity index (χ0) is 13.9. The molecule has 0 fully saturated rings. The Bertz CT molecular complexity index is 763. The highest BCUT2D eigenvalue weighted by atomic mass is 16.5. The third-order valence-electron chi connectivity index (χ3n) is 2.93. The van der Waals surface area contributed by atoms with Gasteiger partial charge in [-0.05, 0) is 22.9 Å². The summed E-state index contributed by atoms with van der Waals surface area (Å²) in [6, 6.07) is 13.6. The van der Waals surface area contributed by atoms with Crippen LogP contribution < -0.4 is 4.74 Å². The molecule has 0 aliphatic carbocycles. The van der Waals surface area contributed by atoms with E-state index in [2.05, 4.69) is 4.98 Å². The molecule has 1 aromatic heterocycles. The van der Waals surface area contributed by atoms with Crippen LogP contribution >= 0.6 is 0 Å². The van der Waals surface area contributed by atoms with Crippen LogP contribution in [-0.4, -0.2) is 16.1 Å². The van der Waals surface area contributed by atoms with Gasteiger partial charge in [-0.3, -0.25) is 0 Å². The summed E-state index contributed by atoms with van der Waals surface area (Å²) >= 11 is 0. The van der Waals surface area contributed by atoms with Gasteiger partial charge in [-0.1, -0.05) is 30.3 Å². The SMILES string of the molecule is O=C(O)c1ncoc1COc1ccc2ccccc2c1. The van der Waals surface area contributed by atoms with Gasteiger partial charge in [-0.15, -0.1) is 0 Å². The number of aromatic nitrogens is 1. The number of carbonyl (C=O) groups is 1. The first-order chi connectivity index (χ1) is 9.74. The number of nitrogens with zero attached hydrogens (tertiary/aromatic N) is 1. The van der Waals surface area contributed by atoms with Crippen molar-refractivity contribution in [2.45, 2.75) is 6.61 Å². The van der Waals surface area contributed by atoms with E-state index in [9.17, 15) is 4.79 Å². The van der Waals surface area contributed by atoms with Gasteiger partial charge in [0, 0.05) is 0 Å². The molecule has 3 aromatic rings. The molecule has 3 rings (SSSR count). The van der Waals surface area contributed by atoms with E-state index < -0.39 is 5.97 Å².